The van der Waals surface area contributed by atoms with Crippen LogP contribution in [-0.4, -0.2) is 51.1 Å². The fourth-order valence-electron chi connectivity index (χ4n) is 6.89. The third kappa shape index (κ3) is 3.69. The lowest BCUT2D eigenvalue weighted by Gasteiger charge is -2.26. The van der Waals surface area contributed by atoms with E-state index in [4.69, 9.17) is 4.74 Å². The van der Waals surface area contributed by atoms with Crippen molar-refractivity contribution >= 4 is 0 Å². The maximum atomic E-state index is 6.04. The van der Waals surface area contributed by atoms with Crippen molar-refractivity contribution in [3.8, 4) is 17.3 Å². The number of ether oxygens (including phenoxy) is 1. The molecule has 6 nitrogen and oxygen atoms in total. The highest BCUT2D eigenvalue weighted by molar-refractivity contribution is 5.58. The Kier molecular flexibility index (Phi) is 4.86. The van der Waals surface area contributed by atoms with Crippen LogP contribution in [0.1, 0.15) is 31.2 Å². The molecule has 0 spiro atoms. The van der Waals surface area contributed by atoms with Crippen molar-refractivity contribution in [3.63, 3.8) is 0 Å². The van der Waals surface area contributed by atoms with Gasteiger partial charge in [0.25, 0.3) is 0 Å². The SMILES string of the molecule is Cc1cnn(C)c1-c1ccc(OCC2CC3CN(CC4CC5C=CC4C5)CC3C2)nn1. The Morgan fingerprint density at radius 3 is 2.48 bits per heavy atom. The van der Waals surface area contributed by atoms with Gasteiger partial charge in [-0.2, -0.15) is 5.10 Å². The number of likely N-dealkylation sites (tertiary alicyclic amines) is 1. The van der Waals surface area contributed by atoms with Gasteiger partial charge in [-0.3, -0.25) is 4.68 Å². The second kappa shape index (κ2) is 7.73. The maximum absolute atomic E-state index is 6.04. The van der Waals surface area contributed by atoms with E-state index in [9.17, 15) is 0 Å². The number of aromatic nitrogens is 4. The number of aryl methyl sites for hydroxylation is 2. The molecule has 6 rings (SSSR count). The summed E-state index contributed by atoms with van der Waals surface area (Å²) in [5.74, 6) is 5.71. The lowest BCUT2D eigenvalue weighted by molar-refractivity contribution is 0.206. The van der Waals surface area contributed by atoms with Crippen LogP contribution in [0.4, 0.5) is 0 Å². The van der Waals surface area contributed by atoms with Gasteiger partial charge in [0.05, 0.1) is 18.5 Å². The van der Waals surface area contributed by atoms with Gasteiger partial charge in [0.2, 0.25) is 5.88 Å². The lowest BCUT2D eigenvalue weighted by Crippen LogP contribution is -2.30. The van der Waals surface area contributed by atoms with Crippen molar-refractivity contribution < 1.29 is 4.74 Å². The van der Waals surface area contributed by atoms with Gasteiger partial charge in [-0.25, -0.2) is 0 Å². The molecular weight excluding hydrogens is 386 g/mol. The van der Waals surface area contributed by atoms with E-state index in [1.165, 1.54) is 45.3 Å². The maximum Gasteiger partial charge on any atom is 0.233 e. The number of hydrogen-bond donors (Lipinski definition) is 0. The van der Waals surface area contributed by atoms with E-state index >= 15 is 0 Å². The summed E-state index contributed by atoms with van der Waals surface area (Å²) in [7, 11) is 1.93. The summed E-state index contributed by atoms with van der Waals surface area (Å²) < 4.78 is 7.88. The van der Waals surface area contributed by atoms with Crippen LogP contribution in [0.5, 0.6) is 5.88 Å². The molecule has 3 aliphatic carbocycles. The Morgan fingerprint density at radius 2 is 1.87 bits per heavy atom. The molecule has 2 aromatic rings. The van der Waals surface area contributed by atoms with E-state index in [1.807, 2.05) is 37.0 Å². The van der Waals surface area contributed by atoms with Crippen LogP contribution in [0.3, 0.4) is 0 Å². The molecule has 0 amide bonds. The van der Waals surface area contributed by atoms with Crippen molar-refractivity contribution in [2.45, 2.75) is 32.6 Å². The van der Waals surface area contributed by atoms with Crippen LogP contribution in [0.2, 0.25) is 0 Å². The summed E-state index contributed by atoms with van der Waals surface area (Å²) >= 11 is 0. The molecule has 3 heterocycles. The first kappa shape index (κ1) is 19.5. The van der Waals surface area contributed by atoms with E-state index in [1.54, 1.807) is 0 Å². The first-order valence-corrected chi connectivity index (χ1v) is 12.0. The summed E-state index contributed by atoms with van der Waals surface area (Å²) in [4.78, 5) is 2.77. The van der Waals surface area contributed by atoms with Gasteiger partial charge < -0.3 is 9.64 Å². The molecule has 31 heavy (non-hydrogen) atoms. The normalized spacial score (nSPS) is 34.0. The third-order valence-electron chi connectivity index (χ3n) is 8.30. The first-order chi connectivity index (χ1) is 15.1. The fourth-order valence-corrected chi connectivity index (χ4v) is 6.89. The van der Waals surface area contributed by atoms with Crippen molar-refractivity contribution in [2.75, 3.05) is 26.2 Å². The van der Waals surface area contributed by atoms with Gasteiger partial charge in [-0.05, 0) is 79.7 Å². The summed E-state index contributed by atoms with van der Waals surface area (Å²) in [6.07, 6.45) is 12.3. The molecule has 1 saturated heterocycles. The van der Waals surface area contributed by atoms with Gasteiger partial charge in [-0.15, -0.1) is 10.2 Å². The molecule has 4 aliphatic rings. The highest BCUT2D eigenvalue weighted by atomic mass is 16.5. The Bertz CT molecular complexity index is 933. The van der Waals surface area contributed by atoms with Gasteiger partial charge in [-0.1, -0.05) is 12.2 Å². The monoisotopic (exact) mass is 419 g/mol. The quantitative estimate of drug-likeness (QED) is 0.668. The minimum atomic E-state index is 0.631. The van der Waals surface area contributed by atoms with E-state index in [-0.39, 0.29) is 0 Å². The van der Waals surface area contributed by atoms with Crippen LogP contribution < -0.4 is 4.74 Å². The number of nitrogens with zero attached hydrogens (tertiary/aromatic N) is 5. The van der Waals surface area contributed by atoms with Crippen LogP contribution >= 0.6 is 0 Å². The molecule has 0 N–H and O–H groups in total. The molecule has 0 aromatic carbocycles. The summed E-state index contributed by atoms with van der Waals surface area (Å²) in [5.41, 5.74) is 2.95. The Labute approximate surface area is 184 Å². The third-order valence-corrected chi connectivity index (χ3v) is 8.30. The predicted molar refractivity (Wildman–Crippen MR) is 119 cm³/mol. The second-order valence-electron chi connectivity index (χ2n) is 10.5. The highest BCUT2D eigenvalue weighted by Gasteiger charge is 2.43. The van der Waals surface area contributed by atoms with Crippen LogP contribution in [-0.2, 0) is 7.05 Å². The molecular formula is C25H33N5O. The lowest BCUT2D eigenvalue weighted by atomic mass is 9.93. The topological polar surface area (TPSA) is 56.1 Å². The zero-order valence-electron chi connectivity index (χ0n) is 18.7. The van der Waals surface area contributed by atoms with Crippen LogP contribution in [0.15, 0.2) is 30.5 Å². The largest absolute Gasteiger partial charge is 0.476 e. The second-order valence-corrected chi connectivity index (χ2v) is 10.5. The number of fused-ring (bicyclic) bond motifs is 3. The smallest absolute Gasteiger partial charge is 0.233 e. The number of hydrogen-bond acceptors (Lipinski definition) is 5. The zero-order chi connectivity index (χ0) is 20.9. The van der Waals surface area contributed by atoms with Crippen LogP contribution in [0, 0.1) is 42.4 Å². The molecule has 2 saturated carbocycles. The van der Waals surface area contributed by atoms with Crippen molar-refractivity contribution in [1.82, 2.24) is 24.9 Å². The fraction of sp³-hybridized carbons (Fsp3) is 0.640. The van der Waals surface area contributed by atoms with E-state index in [2.05, 4.69) is 32.3 Å². The zero-order valence-corrected chi connectivity index (χ0v) is 18.7. The molecule has 5 atom stereocenters. The standard InChI is InChI=1S/C25H33N5O/c1-16-11-26-29(2)25(16)23-5-6-24(28-27-23)31-15-18-9-21-13-30(14-22(21)10-18)12-20-8-17-3-4-19(20)7-17/h3-6,11,17-22H,7-10,12-15H2,1-2H3. The average Bonchev–Trinajstić information content (AvgIpc) is 3.56. The van der Waals surface area contributed by atoms with E-state index < -0.39 is 0 Å². The van der Waals surface area contributed by atoms with Gasteiger partial charge in [0.15, 0.2) is 0 Å². The molecule has 2 bridgehead atoms. The van der Waals surface area contributed by atoms with E-state index in [0.717, 1.165) is 53.1 Å². The average molecular weight is 420 g/mol. The first-order valence-electron chi connectivity index (χ1n) is 12.0. The van der Waals surface area contributed by atoms with Crippen molar-refractivity contribution in [3.05, 3.63) is 36.0 Å². The molecule has 1 aliphatic heterocycles. The van der Waals surface area contributed by atoms with Crippen molar-refractivity contribution in [1.29, 1.82) is 0 Å². The van der Waals surface area contributed by atoms with Gasteiger partial charge >= 0.3 is 0 Å². The molecule has 6 heteroatoms. The Hall–Kier alpha value is -2.21. The minimum Gasteiger partial charge on any atom is -0.476 e. The predicted octanol–water partition coefficient (Wildman–Crippen LogP) is 3.73. The highest BCUT2D eigenvalue weighted by Crippen LogP contribution is 2.46. The molecule has 5 unspecified atom stereocenters. The molecule has 2 aromatic heterocycles. The Morgan fingerprint density at radius 1 is 1.03 bits per heavy atom. The van der Waals surface area contributed by atoms with Gasteiger partial charge in [0, 0.05) is 32.7 Å². The summed E-state index contributed by atoms with van der Waals surface area (Å²) in [6.45, 7) is 6.75. The summed E-state index contributed by atoms with van der Waals surface area (Å²) in [6, 6.07) is 3.93. The Balaban J connectivity index is 0.984. The van der Waals surface area contributed by atoms with Crippen LogP contribution in [0.25, 0.3) is 11.4 Å². The number of rotatable bonds is 6. The minimum absolute atomic E-state index is 0.631. The summed E-state index contributed by atoms with van der Waals surface area (Å²) in [5, 5.41) is 13.0. The van der Waals surface area contributed by atoms with Gasteiger partial charge in [0.1, 0.15) is 5.69 Å². The molecule has 0 radical (unpaired) electrons. The van der Waals surface area contributed by atoms with E-state index in [0.29, 0.717) is 11.8 Å². The molecule has 164 valence electrons. The number of allylic oxidation sites excluding steroid dienone is 2. The van der Waals surface area contributed by atoms with Crippen molar-refractivity contribution in [2.24, 2.45) is 42.6 Å². The molecule has 3 fully saturated rings.